The molecule has 2 aliphatic rings. The van der Waals surface area contributed by atoms with Gasteiger partial charge >= 0.3 is 0 Å². The third-order valence-electron chi connectivity index (χ3n) is 8.41. The quantitative estimate of drug-likeness (QED) is 0.162. The van der Waals surface area contributed by atoms with Crippen molar-refractivity contribution < 1.29 is 0 Å². The molecule has 0 amide bonds. The van der Waals surface area contributed by atoms with Gasteiger partial charge in [0.2, 0.25) is 0 Å². The Bertz CT molecular complexity index is 2030. The number of thiophene rings is 2. The first kappa shape index (κ1) is 29.8. The van der Waals surface area contributed by atoms with Crippen LogP contribution in [-0.2, 0) is 0 Å². The summed E-state index contributed by atoms with van der Waals surface area (Å²) in [6.45, 7) is 0.785. The van der Waals surface area contributed by atoms with Gasteiger partial charge in [-0.2, -0.15) is 0 Å². The highest BCUT2D eigenvalue weighted by Crippen LogP contribution is 2.42. The standard InChI is InChI=1S/C42H34N4S2/c1-5-13-33(14-6-1)45(34-15-7-2-8-16-34)41-23-21-39(47-41)31-25-27-43-37(29-31)38-30-32(26-28-44-38)40-22-24-42(48-40)46(35-17-9-3-10-18-35)36-19-11-4-12-20-36/h1-27,29-30,37,43-44H,28H2. The van der Waals surface area contributed by atoms with Gasteiger partial charge in [-0.1, -0.05) is 78.9 Å². The fraction of sp³-hybridized carbons (Fsp3) is 0.0476. The van der Waals surface area contributed by atoms with E-state index in [2.05, 4.69) is 197 Å². The van der Waals surface area contributed by atoms with Crippen LogP contribution in [0.25, 0.3) is 11.1 Å². The van der Waals surface area contributed by atoms with Crippen LogP contribution in [0.5, 0.6) is 0 Å². The van der Waals surface area contributed by atoms with Gasteiger partial charge in [-0.05, 0) is 108 Å². The summed E-state index contributed by atoms with van der Waals surface area (Å²) in [6.07, 6.45) is 11.2. The molecule has 0 saturated carbocycles. The van der Waals surface area contributed by atoms with Crippen LogP contribution in [0, 0.1) is 0 Å². The van der Waals surface area contributed by atoms with Crippen LogP contribution in [0.2, 0.25) is 0 Å². The van der Waals surface area contributed by atoms with Gasteiger partial charge in [0.25, 0.3) is 0 Å². The van der Waals surface area contributed by atoms with Crippen molar-refractivity contribution in [2.75, 3.05) is 16.3 Å². The lowest BCUT2D eigenvalue weighted by atomic mass is 10.0. The molecule has 0 aliphatic carbocycles. The van der Waals surface area contributed by atoms with Crippen molar-refractivity contribution in [3.05, 3.63) is 192 Å². The van der Waals surface area contributed by atoms with Crippen molar-refractivity contribution in [1.82, 2.24) is 10.6 Å². The topological polar surface area (TPSA) is 30.5 Å². The summed E-state index contributed by atoms with van der Waals surface area (Å²) in [7, 11) is 0. The number of nitrogens with zero attached hydrogens (tertiary/aromatic N) is 2. The van der Waals surface area contributed by atoms with Crippen molar-refractivity contribution in [3.63, 3.8) is 0 Å². The van der Waals surface area contributed by atoms with Crippen molar-refractivity contribution in [2.45, 2.75) is 6.04 Å². The predicted octanol–water partition coefficient (Wildman–Crippen LogP) is 11.2. The lowest BCUT2D eigenvalue weighted by Crippen LogP contribution is -2.35. The Morgan fingerprint density at radius 3 is 1.46 bits per heavy atom. The van der Waals surface area contributed by atoms with Gasteiger partial charge in [0.15, 0.2) is 0 Å². The largest absolute Gasteiger partial charge is 0.383 e. The molecular formula is C42H34N4S2. The Morgan fingerprint density at radius 1 is 0.521 bits per heavy atom. The Morgan fingerprint density at radius 2 is 0.979 bits per heavy atom. The first-order valence-corrected chi connectivity index (χ1v) is 17.7. The zero-order valence-corrected chi connectivity index (χ0v) is 27.9. The summed E-state index contributed by atoms with van der Waals surface area (Å²) in [4.78, 5) is 7.14. The van der Waals surface area contributed by atoms with E-state index in [-0.39, 0.29) is 6.04 Å². The van der Waals surface area contributed by atoms with E-state index >= 15 is 0 Å². The van der Waals surface area contributed by atoms with E-state index in [1.165, 1.54) is 36.6 Å². The molecule has 4 nitrogen and oxygen atoms in total. The minimum absolute atomic E-state index is 0.0446. The highest BCUT2D eigenvalue weighted by Gasteiger charge is 2.21. The van der Waals surface area contributed by atoms with Gasteiger partial charge < -0.3 is 20.4 Å². The maximum atomic E-state index is 3.64. The van der Waals surface area contributed by atoms with Crippen molar-refractivity contribution in [2.24, 2.45) is 0 Å². The Hall–Kier alpha value is -5.56. The normalized spacial score (nSPS) is 15.4. The van der Waals surface area contributed by atoms with Crippen molar-refractivity contribution >= 4 is 66.6 Å². The average Bonchev–Trinajstić information content (AvgIpc) is 3.85. The van der Waals surface area contributed by atoms with E-state index in [9.17, 15) is 0 Å². The number of nitrogens with one attached hydrogen (secondary N) is 2. The summed E-state index contributed by atoms with van der Waals surface area (Å²) >= 11 is 3.63. The Labute approximate surface area is 289 Å². The molecule has 0 bridgehead atoms. The van der Waals surface area contributed by atoms with E-state index in [0.29, 0.717) is 0 Å². The number of para-hydroxylation sites is 4. The monoisotopic (exact) mass is 658 g/mol. The second-order valence-corrected chi connectivity index (χ2v) is 13.7. The molecule has 6 heteroatoms. The molecule has 2 aliphatic heterocycles. The first-order valence-electron chi connectivity index (χ1n) is 16.1. The predicted molar refractivity (Wildman–Crippen MR) is 206 cm³/mol. The molecule has 0 fully saturated rings. The average molecular weight is 659 g/mol. The minimum Gasteiger partial charge on any atom is -0.383 e. The van der Waals surface area contributed by atoms with Crippen LogP contribution in [0.15, 0.2) is 182 Å². The molecule has 8 rings (SSSR count). The molecule has 6 aromatic rings. The number of hydrogen-bond acceptors (Lipinski definition) is 6. The molecule has 4 aromatic carbocycles. The number of anilines is 6. The van der Waals surface area contributed by atoms with Crippen LogP contribution < -0.4 is 20.4 Å². The molecule has 234 valence electrons. The SMILES string of the molecule is C1=CC(c2ccc(N(c3ccccc3)c3ccccc3)s2)=CC(C2=CC(c3ccc(N(c4ccccc4)c4ccccc4)s3)=CCN2)N1. The van der Waals surface area contributed by atoms with Gasteiger partial charge in [0.05, 0.1) is 6.04 Å². The van der Waals surface area contributed by atoms with Gasteiger partial charge in [0, 0.05) is 44.7 Å². The fourth-order valence-electron chi connectivity index (χ4n) is 6.12. The van der Waals surface area contributed by atoms with Crippen LogP contribution in [0.3, 0.4) is 0 Å². The molecule has 48 heavy (non-hydrogen) atoms. The van der Waals surface area contributed by atoms with Gasteiger partial charge in [-0.25, -0.2) is 0 Å². The molecule has 2 N–H and O–H groups in total. The van der Waals surface area contributed by atoms with Gasteiger partial charge in [-0.3, -0.25) is 0 Å². The smallest absolute Gasteiger partial charge is 0.101 e. The van der Waals surface area contributed by atoms with E-state index in [1.807, 2.05) is 22.7 Å². The van der Waals surface area contributed by atoms with Crippen LogP contribution in [0.1, 0.15) is 9.75 Å². The van der Waals surface area contributed by atoms with E-state index < -0.39 is 0 Å². The fourth-order valence-corrected chi connectivity index (χ4v) is 8.23. The third-order valence-corrected chi connectivity index (χ3v) is 10.6. The lowest BCUT2D eigenvalue weighted by Gasteiger charge is -2.25. The summed E-state index contributed by atoms with van der Waals surface area (Å²) in [6, 6.07) is 51.3. The number of rotatable bonds is 9. The molecule has 1 atom stereocenters. The lowest BCUT2D eigenvalue weighted by molar-refractivity contribution is 0.707. The van der Waals surface area contributed by atoms with Gasteiger partial charge in [0.1, 0.15) is 10.0 Å². The summed E-state index contributed by atoms with van der Waals surface area (Å²) < 4.78 is 0. The molecule has 1 unspecified atom stereocenters. The van der Waals surface area contributed by atoms with Crippen LogP contribution in [0.4, 0.5) is 32.8 Å². The Kier molecular flexibility index (Phi) is 8.48. The summed E-state index contributed by atoms with van der Waals surface area (Å²) in [5.41, 5.74) is 8.22. The number of dihydropyridines is 2. The molecule has 0 radical (unpaired) electrons. The molecule has 4 heterocycles. The molecule has 2 aromatic heterocycles. The molecular weight excluding hydrogens is 625 g/mol. The minimum atomic E-state index is 0.0446. The van der Waals surface area contributed by atoms with Crippen LogP contribution in [-0.4, -0.2) is 12.6 Å². The van der Waals surface area contributed by atoms with Crippen molar-refractivity contribution in [3.8, 4) is 0 Å². The second-order valence-electron chi connectivity index (χ2n) is 11.5. The first-order chi connectivity index (χ1) is 23.8. The van der Waals surface area contributed by atoms with E-state index in [0.717, 1.165) is 29.3 Å². The molecule has 0 saturated heterocycles. The number of hydrogen-bond donors (Lipinski definition) is 2. The summed E-state index contributed by atoms with van der Waals surface area (Å²) in [5, 5.41) is 9.59. The maximum absolute atomic E-state index is 3.64. The zero-order valence-electron chi connectivity index (χ0n) is 26.2. The summed E-state index contributed by atoms with van der Waals surface area (Å²) in [5.74, 6) is 0. The third kappa shape index (κ3) is 6.24. The highest BCUT2D eigenvalue weighted by molar-refractivity contribution is 7.17. The van der Waals surface area contributed by atoms with Crippen LogP contribution >= 0.6 is 22.7 Å². The highest BCUT2D eigenvalue weighted by atomic mass is 32.1. The Balaban J connectivity index is 1.06. The van der Waals surface area contributed by atoms with E-state index in [1.54, 1.807) is 0 Å². The zero-order chi connectivity index (χ0) is 32.1. The molecule has 0 spiro atoms. The second kappa shape index (κ2) is 13.7. The maximum Gasteiger partial charge on any atom is 0.101 e. The van der Waals surface area contributed by atoms with Gasteiger partial charge in [-0.15, -0.1) is 22.7 Å². The van der Waals surface area contributed by atoms with E-state index in [4.69, 9.17) is 0 Å². The number of benzene rings is 4. The van der Waals surface area contributed by atoms with Crippen molar-refractivity contribution in [1.29, 1.82) is 0 Å². The number of allylic oxidation sites excluding steroid dienone is 4.